The van der Waals surface area contributed by atoms with Crippen LogP contribution in [-0.2, 0) is 3.80 Å². The number of hydrogen-bond donors (Lipinski definition) is 0. The Kier molecular flexibility index (Phi) is 49.5. The molecule has 5 heteroatoms. The van der Waals surface area contributed by atoms with E-state index >= 15 is 0 Å². The van der Waals surface area contributed by atoms with Crippen LogP contribution in [0.5, 0.6) is 0 Å². The van der Waals surface area contributed by atoms with Gasteiger partial charge in [0, 0.05) is 0 Å². The molecule has 0 aromatic heterocycles. The van der Waals surface area contributed by atoms with Crippen molar-refractivity contribution in [1.29, 1.82) is 0 Å². The average Bonchev–Trinajstić information content (AvgIpc) is 0.918. The summed E-state index contributed by atoms with van der Waals surface area (Å²) in [5, 5.41) is 0. The maximum absolute atomic E-state index is 9.08. The van der Waals surface area contributed by atoms with Crippen molar-refractivity contribution in [2.75, 3.05) is 0 Å². The van der Waals surface area contributed by atoms with Crippen LogP contribution >= 0.6 is 0 Å². The zero-order valence-corrected chi connectivity index (χ0v) is 5.14. The SMILES string of the molecule is [CaH2].[MgH2].[O]=[Al][AlH2]. The van der Waals surface area contributed by atoms with E-state index in [1.807, 2.05) is 0 Å². The van der Waals surface area contributed by atoms with Gasteiger partial charge in [-0.3, -0.25) is 0 Å². The average molecular weight is 140 g/mol. The Morgan fingerprint density at radius 2 is 1.60 bits per heavy atom. The van der Waals surface area contributed by atoms with Crippen LogP contribution in [0.3, 0.4) is 0 Å². The fourth-order valence-electron chi connectivity index (χ4n) is 0. The third-order valence-corrected chi connectivity index (χ3v) is 0. The van der Waals surface area contributed by atoms with Crippen LogP contribution in [0, 0.1) is 0 Å². The van der Waals surface area contributed by atoms with Crippen molar-refractivity contribution in [3.63, 3.8) is 0 Å². The normalized spacial score (nSPS) is 1.60. The van der Waals surface area contributed by atoms with Crippen molar-refractivity contribution in [2.24, 2.45) is 0 Å². The Hall–Kier alpha value is 2.89. The molecule has 0 saturated heterocycles. The van der Waals surface area contributed by atoms with Crippen LogP contribution in [0.25, 0.3) is 0 Å². The second-order valence-electron chi connectivity index (χ2n) is 0.236. The summed E-state index contributed by atoms with van der Waals surface area (Å²) >= 11 is 0.535. The van der Waals surface area contributed by atoms with E-state index in [1.165, 1.54) is 0 Å². The summed E-state index contributed by atoms with van der Waals surface area (Å²) in [5.74, 6) is 0. The summed E-state index contributed by atoms with van der Waals surface area (Å²) in [4.78, 5) is 0. The minimum absolute atomic E-state index is 0. The van der Waals surface area contributed by atoms with E-state index in [9.17, 15) is 0 Å². The summed E-state index contributed by atoms with van der Waals surface area (Å²) in [5.41, 5.74) is 0. The van der Waals surface area contributed by atoms with Crippen LogP contribution in [0.1, 0.15) is 0 Å². The van der Waals surface area contributed by atoms with Gasteiger partial charge in [-0.15, -0.1) is 0 Å². The molecule has 0 amide bonds. The van der Waals surface area contributed by atoms with Gasteiger partial charge in [0.05, 0.1) is 0 Å². The molecule has 0 N–H and O–H groups in total. The Morgan fingerprint density at radius 3 is 1.60 bits per heavy atom. The Bertz CT molecular complexity index is 17.1. The molecule has 0 aliphatic rings. The molecule has 0 aromatic carbocycles. The topological polar surface area (TPSA) is 17.1 Å². The van der Waals surface area contributed by atoms with Gasteiger partial charge in [0.1, 0.15) is 0 Å². The van der Waals surface area contributed by atoms with Crippen molar-refractivity contribution in [3.05, 3.63) is 0 Å². The van der Waals surface area contributed by atoms with Crippen molar-refractivity contribution < 1.29 is 3.80 Å². The van der Waals surface area contributed by atoms with Crippen LogP contribution in [0.2, 0.25) is 0 Å². The van der Waals surface area contributed by atoms with Gasteiger partial charge in [0.15, 0.2) is 0 Å². The molecule has 22 valence electrons. The van der Waals surface area contributed by atoms with Gasteiger partial charge >= 0.3 is 92.2 Å². The molecule has 0 aliphatic heterocycles. The second-order valence-corrected chi connectivity index (χ2v) is 2.12. The molecule has 0 aromatic rings. The van der Waals surface area contributed by atoms with E-state index in [0.717, 1.165) is 14.4 Å². The third-order valence-electron chi connectivity index (χ3n) is 0. The van der Waals surface area contributed by atoms with Crippen molar-refractivity contribution in [2.45, 2.75) is 0 Å². The summed E-state index contributed by atoms with van der Waals surface area (Å²) < 4.78 is 9.08. The molecule has 0 saturated carbocycles. The molecule has 0 fully saturated rings. The molecule has 0 aliphatic carbocycles. The first-order chi connectivity index (χ1) is 1.41. The van der Waals surface area contributed by atoms with Gasteiger partial charge in [-0.1, -0.05) is 0 Å². The molecule has 0 bridgehead atoms. The summed E-state index contributed by atoms with van der Waals surface area (Å²) in [7, 11) is 0. The molecule has 0 atom stereocenters. The molecule has 1 nitrogen and oxygen atoms in total. The summed E-state index contributed by atoms with van der Waals surface area (Å²) in [6.45, 7) is 0. The number of hydrogen-bond acceptors (Lipinski definition) is 1. The Morgan fingerprint density at radius 1 is 1.60 bits per heavy atom. The predicted molar refractivity (Wildman–Crippen MR) is 32.1 cm³/mol. The van der Waals surface area contributed by atoms with E-state index < -0.39 is 0 Å². The van der Waals surface area contributed by atoms with Crippen molar-refractivity contribution in [3.8, 4) is 0 Å². The number of rotatable bonds is 0. The van der Waals surface area contributed by atoms with Crippen molar-refractivity contribution in [1.82, 2.24) is 0 Å². The van der Waals surface area contributed by atoms with Gasteiger partial charge in [-0.25, -0.2) is 0 Å². The van der Waals surface area contributed by atoms with Crippen LogP contribution < -0.4 is 0 Å². The predicted octanol–water partition coefficient (Wildman–Crippen LogP) is -3.25. The molecule has 0 rings (SSSR count). The maximum atomic E-state index is 9.08. The second kappa shape index (κ2) is 15.8. The fraction of sp³-hybridized carbons (Fsp3) is 0. The van der Waals surface area contributed by atoms with Crippen molar-refractivity contribution >= 4 is 88.4 Å². The minimum atomic E-state index is -0.361. The van der Waals surface area contributed by atoms with E-state index in [4.69, 9.17) is 3.80 Å². The van der Waals surface area contributed by atoms with Crippen LogP contribution in [0.4, 0.5) is 0 Å². The summed E-state index contributed by atoms with van der Waals surface area (Å²) in [6.07, 6.45) is 0. The fourth-order valence-corrected chi connectivity index (χ4v) is 0. The molecule has 5 heavy (non-hydrogen) atoms. The molecule has 0 radical (unpaired) electrons. The zero-order valence-electron chi connectivity index (χ0n) is 1.99. The van der Waals surface area contributed by atoms with Crippen LogP contribution in [-0.4, -0.2) is 88.4 Å². The quantitative estimate of drug-likeness (QED) is 0.323. The van der Waals surface area contributed by atoms with Gasteiger partial charge in [-0.05, 0) is 0 Å². The van der Waals surface area contributed by atoms with Gasteiger partial charge in [0.2, 0.25) is 0 Å². The monoisotopic (exact) mass is 140 g/mol. The van der Waals surface area contributed by atoms with Gasteiger partial charge in [0.25, 0.3) is 0 Å². The standard InChI is InChI=1S/2Al.Ca.Mg.O.6H. The first kappa shape index (κ1) is 15.7. The first-order valence-corrected chi connectivity index (χ1v) is 5.90. The Balaban J connectivity index is -0.0000000200. The zero-order chi connectivity index (χ0) is 2.71. The third kappa shape index (κ3) is 19.7. The van der Waals surface area contributed by atoms with Gasteiger partial charge in [-0.2, -0.15) is 0 Å². The molecular formula is H6Al2CaMgO. The molecule has 0 spiro atoms. The van der Waals surface area contributed by atoms with E-state index in [1.54, 1.807) is 0 Å². The molecular weight excluding hydrogens is 134 g/mol. The Labute approximate surface area is 90.2 Å². The molecule has 0 heterocycles. The van der Waals surface area contributed by atoms with E-state index in [0.29, 0.717) is 0 Å². The van der Waals surface area contributed by atoms with E-state index in [2.05, 4.69) is 0 Å². The van der Waals surface area contributed by atoms with E-state index in [-0.39, 0.29) is 74.0 Å². The van der Waals surface area contributed by atoms with Crippen LogP contribution in [0.15, 0.2) is 0 Å². The summed E-state index contributed by atoms with van der Waals surface area (Å²) in [6, 6.07) is 0. The first-order valence-electron chi connectivity index (χ1n) is 0.813. The molecule has 0 unspecified atom stereocenters. The van der Waals surface area contributed by atoms with Gasteiger partial charge < -0.3 is 0 Å².